The van der Waals surface area contributed by atoms with Gasteiger partial charge in [0.05, 0.1) is 6.04 Å². The quantitative estimate of drug-likeness (QED) is 0.777. The summed E-state index contributed by atoms with van der Waals surface area (Å²) in [5.74, 6) is 0.913. The van der Waals surface area contributed by atoms with Gasteiger partial charge in [-0.05, 0) is 31.1 Å². The fourth-order valence-corrected chi connectivity index (χ4v) is 2.72. The van der Waals surface area contributed by atoms with E-state index >= 15 is 0 Å². The third kappa shape index (κ3) is 6.04. The van der Waals surface area contributed by atoms with Crippen LogP contribution in [0.4, 0.5) is 0 Å². The minimum atomic E-state index is -0.394. The summed E-state index contributed by atoms with van der Waals surface area (Å²) in [5.41, 5.74) is 6.00. The largest absolute Gasteiger partial charge is 0.356 e. The first-order valence-electron chi connectivity index (χ1n) is 8.13. The van der Waals surface area contributed by atoms with Crippen molar-refractivity contribution in [2.75, 3.05) is 19.6 Å². The highest BCUT2D eigenvalue weighted by atomic mass is 16.2. The Morgan fingerprint density at radius 3 is 2.52 bits per heavy atom. The van der Waals surface area contributed by atoms with Crippen molar-refractivity contribution < 1.29 is 9.59 Å². The molecule has 1 fully saturated rings. The van der Waals surface area contributed by atoms with E-state index in [1.165, 1.54) is 0 Å². The first-order valence-corrected chi connectivity index (χ1v) is 8.13. The number of hydrogen-bond acceptors (Lipinski definition) is 3. The van der Waals surface area contributed by atoms with Gasteiger partial charge in [0.2, 0.25) is 11.8 Å². The predicted octanol–water partition coefficient (Wildman–Crippen LogP) is 1.37. The van der Waals surface area contributed by atoms with Gasteiger partial charge in [-0.3, -0.25) is 9.59 Å². The van der Waals surface area contributed by atoms with Gasteiger partial charge in [0, 0.05) is 25.6 Å². The van der Waals surface area contributed by atoms with E-state index in [2.05, 4.69) is 19.2 Å². The second-order valence-electron chi connectivity index (χ2n) is 6.93. The number of nitrogens with zero attached hydrogens (tertiary/aromatic N) is 1. The molecule has 0 bridgehead atoms. The molecule has 0 aromatic rings. The van der Waals surface area contributed by atoms with E-state index in [0.717, 1.165) is 25.8 Å². The van der Waals surface area contributed by atoms with Gasteiger partial charge in [-0.15, -0.1) is 0 Å². The van der Waals surface area contributed by atoms with E-state index in [-0.39, 0.29) is 17.7 Å². The molecule has 2 atom stereocenters. The highest BCUT2D eigenvalue weighted by Gasteiger charge is 2.27. The van der Waals surface area contributed by atoms with Crippen LogP contribution in [0.1, 0.15) is 47.0 Å². The number of rotatable bonds is 6. The fraction of sp³-hybridized carbons (Fsp3) is 0.875. The molecule has 122 valence electrons. The first kappa shape index (κ1) is 18.0. The van der Waals surface area contributed by atoms with Crippen molar-refractivity contribution in [1.29, 1.82) is 0 Å². The molecule has 1 unspecified atom stereocenters. The molecule has 2 amide bonds. The van der Waals surface area contributed by atoms with Gasteiger partial charge in [0.25, 0.3) is 0 Å². The van der Waals surface area contributed by atoms with Crippen molar-refractivity contribution in [2.45, 2.75) is 53.0 Å². The summed E-state index contributed by atoms with van der Waals surface area (Å²) >= 11 is 0. The van der Waals surface area contributed by atoms with E-state index in [4.69, 9.17) is 5.73 Å². The summed E-state index contributed by atoms with van der Waals surface area (Å²) < 4.78 is 0. The minimum absolute atomic E-state index is 0.00536. The lowest BCUT2D eigenvalue weighted by Gasteiger charge is -2.34. The topological polar surface area (TPSA) is 75.4 Å². The van der Waals surface area contributed by atoms with Crippen molar-refractivity contribution in [3.8, 4) is 0 Å². The van der Waals surface area contributed by atoms with Gasteiger partial charge in [-0.25, -0.2) is 0 Å². The standard InChI is InChI=1S/C16H31N3O2/c1-11(2)8-14(17)16(21)19-7-5-6-13(10-19)9-18-15(20)12(3)4/h11-14H,5-10,17H2,1-4H3,(H,18,20)/t13?,14-/m0/s1. The summed E-state index contributed by atoms with van der Waals surface area (Å²) in [4.78, 5) is 25.8. The number of carbonyl (C=O) groups is 2. The molecular formula is C16H31N3O2. The SMILES string of the molecule is CC(C)C[C@H](N)C(=O)N1CCCC(CNC(=O)C(C)C)C1. The molecule has 0 aromatic carbocycles. The van der Waals surface area contributed by atoms with Gasteiger partial charge >= 0.3 is 0 Å². The van der Waals surface area contributed by atoms with Crippen LogP contribution in [0.2, 0.25) is 0 Å². The Kier molecular flexibility index (Phi) is 7.15. The van der Waals surface area contributed by atoms with Gasteiger partial charge in [0.15, 0.2) is 0 Å². The average molecular weight is 297 g/mol. The Labute approximate surface area is 128 Å². The van der Waals surface area contributed by atoms with Crippen LogP contribution in [-0.2, 0) is 9.59 Å². The molecule has 0 aliphatic carbocycles. The van der Waals surface area contributed by atoms with Crippen molar-refractivity contribution >= 4 is 11.8 Å². The average Bonchev–Trinajstić information content (AvgIpc) is 2.43. The Bertz CT molecular complexity index is 355. The van der Waals surface area contributed by atoms with Crippen LogP contribution < -0.4 is 11.1 Å². The molecule has 1 rings (SSSR count). The van der Waals surface area contributed by atoms with Crippen LogP contribution in [0.15, 0.2) is 0 Å². The molecule has 0 spiro atoms. The molecule has 0 aromatic heterocycles. The number of nitrogens with one attached hydrogen (secondary N) is 1. The summed E-state index contributed by atoms with van der Waals surface area (Å²) in [6.45, 7) is 10.1. The highest BCUT2D eigenvalue weighted by Crippen LogP contribution is 2.17. The maximum Gasteiger partial charge on any atom is 0.239 e. The number of amides is 2. The Balaban J connectivity index is 2.44. The van der Waals surface area contributed by atoms with E-state index in [1.54, 1.807) is 0 Å². The van der Waals surface area contributed by atoms with Crippen LogP contribution in [0, 0.1) is 17.8 Å². The smallest absolute Gasteiger partial charge is 0.239 e. The number of hydrogen-bond donors (Lipinski definition) is 2. The Morgan fingerprint density at radius 1 is 1.29 bits per heavy atom. The van der Waals surface area contributed by atoms with Crippen LogP contribution >= 0.6 is 0 Å². The van der Waals surface area contributed by atoms with Gasteiger partial charge in [-0.2, -0.15) is 0 Å². The molecule has 3 N–H and O–H groups in total. The monoisotopic (exact) mass is 297 g/mol. The van der Waals surface area contributed by atoms with Crippen molar-refractivity contribution in [3.63, 3.8) is 0 Å². The number of nitrogens with two attached hydrogens (primary N) is 1. The molecule has 1 aliphatic rings. The van der Waals surface area contributed by atoms with Crippen molar-refractivity contribution in [1.82, 2.24) is 10.2 Å². The van der Waals surface area contributed by atoms with E-state index in [9.17, 15) is 9.59 Å². The van der Waals surface area contributed by atoms with Crippen LogP contribution in [0.3, 0.4) is 0 Å². The van der Waals surface area contributed by atoms with E-state index in [0.29, 0.717) is 24.9 Å². The van der Waals surface area contributed by atoms with Gasteiger partial charge in [0.1, 0.15) is 0 Å². The molecule has 5 nitrogen and oxygen atoms in total. The molecule has 0 saturated carbocycles. The molecular weight excluding hydrogens is 266 g/mol. The molecule has 21 heavy (non-hydrogen) atoms. The third-order valence-electron chi connectivity index (χ3n) is 3.96. The zero-order valence-electron chi connectivity index (χ0n) is 13.9. The minimum Gasteiger partial charge on any atom is -0.356 e. The van der Waals surface area contributed by atoms with E-state index < -0.39 is 6.04 Å². The molecule has 1 aliphatic heterocycles. The number of likely N-dealkylation sites (tertiary alicyclic amines) is 1. The maximum absolute atomic E-state index is 12.3. The molecule has 1 saturated heterocycles. The third-order valence-corrected chi connectivity index (χ3v) is 3.96. The lowest BCUT2D eigenvalue weighted by Crippen LogP contribution is -2.50. The molecule has 1 heterocycles. The molecule has 0 radical (unpaired) electrons. The zero-order chi connectivity index (χ0) is 16.0. The molecule has 5 heteroatoms. The highest BCUT2D eigenvalue weighted by molar-refractivity contribution is 5.81. The summed E-state index contributed by atoms with van der Waals surface area (Å²) in [5, 5.41) is 2.96. The lowest BCUT2D eigenvalue weighted by molar-refractivity contribution is -0.134. The Hall–Kier alpha value is -1.10. The van der Waals surface area contributed by atoms with Crippen LogP contribution in [0.5, 0.6) is 0 Å². The van der Waals surface area contributed by atoms with Crippen LogP contribution in [0.25, 0.3) is 0 Å². The van der Waals surface area contributed by atoms with Gasteiger partial charge in [-0.1, -0.05) is 27.7 Å². The van der Waals surface area contributed by atoms with Gasteiger partial charge < -0.3 is 16.0 Å². The summed E-state index contributed by atoms with van der Waals surface area (Å²) in [6.07, 6.45) is 2.77. The van der Waals surface area contributed by atoms with Crippen molar-refractivity contribution in [3.05, 3.63) is 0 Å². The zero-order valence-corrected chi connectivity index (χ0v) is 13.9. The number of piperidine rings is 1. The summed E-state index contributed by atoms with van der Waals surface area (Å²) in [6, 6.07) is -0.394. The second kappa shape index (κ2) is 8.37. The predicted molar refractivity (Wildman–Crippen MR) is 84.6 cm³/mol. The second-order valence-corrected chi connectivity index (χ2v) is 6.93. The first-order chi connectivity index (χ1) is 9.81. The van der Waals surface area contributed by atoms with Crippen LogP contribution in [-0.4, -0.2) is 42.4 Å². The summed E-state index contributed by atoms with van der Waals surface area (Å²) in [7, 11) is 0. The van der Waals surface area contributed by atoms with Crippen molar-refractivity contribution in [2.24, 2.45) is 23.5 Å². The van der Waals surface area contributed by atoms with E-state index in [1.807, 2.05) is 18.7 Å². The lowest BCUT2D eigenvalue weighted by atomic mass is 9.96. The number of carbonyl (C=O) groups excluding carboxylic acids is 2. The maximum atomic E-state index is 12.3. The Morgan fingerprint density at radius 2 is 1.95 bits per heavy atom. The normalized spacial score (nSPS) is 20.7. The fourth-order valence-electron chi connectivity index (χ4n) is 2.72.